The molecule has 1 N–H and O–H groups in total. The monoisotopic (exact) mass is 335 g/mol. The van der Waals surface area contributed by atoms with Gasteiger partial charge in [0.05, 0.1) is 5.56 Å². The number of rotatable bonds is 3. The zero-order valence-corrected chi connectivity index (χ0v) is 14.3. The second-order valence-electron chi connectivity index (χ2n) is 6.67. The average molecular weight is 335 g/mol. The van der Waals surface area contributed by atoms with Crippen molar-refractivity contribution >= 4 is 16.6 Å². The smallest absolute Gasteiger partial charge is 0.329 e. The number of aromatic nitrogens is 2. The number of nitrogens with one attached hydrogen (secondary N) is 1. The zero-order valence-electron chi connectivity index (χ0n) is 14.3. The molecule has 5 heteroatoms. The molecule has 128 valence electrons. The number of benzene rings is 2. The molecule has 1 aromatic heterocycles. The first-order valence-corrected chi connectivity index (χ1v) is 8.68. The van der Waals surface area contributed by atoms with E-state index in [0.29, 0.717) is 17.8 Å². The molecular formula is C20H21N3O2. The van der Waals surface area contributed by atoms with Crippen molar-refractivity contribution < 1.29 is 0 Å². The molecular weight excluding hydrogens is 314 g/mol. The van der Waals surface area contributed by atoms with Gasteiger partial charge in [0.1, 0.15) is 5.82 Å². The third-order valence-corrected chi connectivity index (χ3v) is 5.00. The second kappa shape index (κ2) is 6.24. The fraction of sp³-hybridized carbons (Fsp3) is 0.300. The highest BCUT2D eigenvalue weighted by Crippen LogP contribution is 2.23. The van der Waals surface area contributed by atoms with E-state index in [0.717, 1.165) is 41.4 Å². The molecule has 0 aliphatic carbocycles. The summed E-state index contributed by atoms with van der Waals surface area (Å²) in [5.74, 6) is 0.693. The van der Waals surface area contributed by atoms with E-state index >= 15 is 0 Å². The van der Waals surface area contributed by atoms with Gasteiger partial charge in [-0.3, -0.25) is 14.3 Å². The van der Waals surface area contributed by atoms with Crippen molar-refractivity contribution in [3.8, 4) is 0 Å². The van der Waals surface area contributed by atoms with Crippen LogP contribution in [0.3, 0.4) is 0 Å². The van der Waals surface area contributed by atoms with Crippen LogP contribution in [0.1, 0.15) is 24.0 Å². The first-order chi connectivity index (χ1) is 12.1. The number of anilines is 1. The van der Waals surface area contributed by atoms with Gasteiger partial charge >= 0.3 is 5.69 Å². The molecule has 0 radical (unpaired) electrons. The normalized spacial score (nSPS) is 14.4. The van der Waals surface area contributed by atoms with Crippen molar-refractivity contribution in [2.24, 2.45) is 7.05 Å². The van der Waals surface area contributed by atoms with Crippen LogP contribution in [0.15, 0.2) is 52.1 Å². The molecule has 1 saturated heterocycles. The first kappa shape index (κ1) is 15.7. The Hall–Kier alpha value is -2.82. The van der Waals surface area contributed by atoms with E-state index < -0.39 is 0 Å². The molecule has 1 aliphatic rings. The Morgan fingerprint density at radius 3 is 2.48 bits per heavy atom. The predicted molar refractivity (Wildman–Crippen MR) is 101 cm³/mol. The van der Waals surface area contributed by atoms with Crippen LogP contribution in [0.25, 0.3) is 10.8 Å². The van der Waals surface area contributed by atoms with Crippen molar-refractivity contribution in [2.75, 3.05) is 18.0 Å². The highest BCUT2D eigenvalue weighted by molar-refractivity contribution is 5.83. The van der Waals surface area contributed by atoms with Crippen LogP contribution in [-0.4, -0.2) is 22.6 Å². The Bertz CT molecular complexity index is 1040. The highest BCUT2D eigenvalue weighted by atomic mass is 16.2. The lowest BCUT2D eigenvalue weighted by molar-refractivity contribution is 0.745. The molecule has 0 spiro atoms. The molecule has 5 nitrogen and oxygen atoms in total. The number of hydrogen-bond acceptors (Lipinski definition) is 3. The third kappa shape index (κ3) is 2.86. The van der Waals surface area contributed by atoms with Crippen molar-refractivity contribution in [2.45, 2.75) is 19.3 Å². The van der Waals surface area contributed by atoms with E-state index in [1.807, 2.05) is 12.1 Å². The lowest BCUT2D eigenvalue weighted by Crippen LogP contribution is -2.38. The topological polar surface area (TPSA) is 58.1 Å². The quantitative estimate of drug-likeness (QED) is 0.800. The zero-order chi connectivity index (χ0) is 17.4. The molecule has 1 aliphatic heterocycles. The van der Waals surface area contributed by atoms with Crippen molar-refractivity contribution in [1.29, 1.82) is 0 Å². The largest absolute Gasteiger partial charge is 0.358 e. The summed E-state index contributed by atoms with van der Waals surface area (Å²) in [4.78, 5) is 29.9. The Kier molecular flexibility index (Phi) is 3.92. The summed E-state index contributed by atoms with van der Waals surface area (Å²) in [6.45, 7) is 1.77. The van der Waals surface area contributed by atoms with Crippen molar-refractivity contribution in [3.63, 3.8) is 0 Å². The number of fused-ring (bicyclic) bond motifs is 1. The molecule has 0 amide bonds. The average Bonchev–Trinajstić information content (AvgIpc) is 3.16. The van der Waals surface area contributed by atoms with E-state index in [-0.39, 0.29) is 11.2 Å². The minimum absolute atomic E-state index is 0.209. The Morgan fingerprint density at radius 1 is 1.00 bits per heavy atom. The lowest BCUT2D eigenvalue weighted by Gasteiger charge is -2.21. The minimum Gasteiger partial charge on any atom is -0.358 e. The van der Waals surface area contributed by atoms with Gasteiger partial charge in [-0.05, 0) is 29.2 Å². The van der Waals surface area contributed by atoms with E-state index in [1.54, 1.807) is 0 Å². The maximum absolute atomic E-state index is 12.8. The summed E-state index contributed by atoms with van der Waals surface area (Å²) in [6.07, 6.45) is 2.69. The summed E-state index contributed by atoms with van der Waals surface area (Å²) in [5, 5.41) is 2.34. The summed E-state index contributed by atoms with van der Waals surface area (Å²) in [6, 6.07) is 14.4. The standard InChI is InChI=1S/C20H21N3O2/c1-22-19(24)17(18(21-20(22)25)23-10-4-5-11-23)13-14-8-9-15-6-2-3-7-16(15)12-14/h2-3,6-9,12H,4-5,10-11,13H2,1H3,(H,21,25). The molecule has 0 bridgehead atoms. The van der Waals surface area contributed by atoms with Gasteiger partial charge in [0.15, 0.2) is 0 Å². The fourth-order valence-electron chi connectivity index (χ4n) is 3.58. The van der Waals surface area contributed by atoms with Crippen LogP contribution >= 0.6 is 0 Å². The number of H-pyrrole nitrogens is 1. The molecule has 2 aromatic carbocycles. The molecule has 25 heavy (non-hydrogen) atoms. The van der Waals surface area contributed by atoms with Crippen molar-refractivity contribution in [3.05, 3.63) is 74.4 Å². The van der Waals surface area contributed by atoms with Crippen LogP contribution in [0, 0.1) is 0 Å². The number of aromatic amines is 1. The fourth-order valence-corrected chi connectivity index (χ4v) is 3.58. The van der Waals surface area contributed by atoms with Crippen LogP contribution < -0.4 is 16.1 Å². The molecule has 0 unspecified atom stereocenters. The Labute approximate surface area is 145 Å². The molecule has 4 rings (SSSR count). The molecule has 2 heterocycles. The van der Waals surface area contributed by atoms with Crippen LogP contribution in [0.2, 0.25) is 0 Å². The van der Waals surface area contributed by atoms with E-state index in [4.69, 9.17) is 0 Å². The third-order valence-electron chi connectivity index (χ3n) is 5.00. The van der Waals surface area contributed by atoms with Crippen LogP contribution in [-0.2, 0) is 13.5 Å². The SMILES string of the molecule is Cn1c(=O)[nH]c(N2CCCC2)c(Cc2ccc3ccccc3c2)c1=O. The summed E-state index contributed by atoms with van der Waals surface area (Å²) in [7, 11) is 1.53. The summed E-state index contributed by atoms with van der Waals surface area (Å²) < 4.78 is 1.16. The predicted octanol–water partition coefficient (Wildman–Crippen LogP) is 2.42. The maximum atomic E-state index is 12.8. The van der Waals surface area contributed by atoms with Gasteiger partial charge in [0, 0.05) is 26.6 Å². The number of nitrogens with zero attached hydrogens (tertiary/aromatic N) is 2. The summed E-state index contributed by atoms with van der Waals surface area (Å²) in [5.41, 5.74) is 1.18. The molecule has 0 saturated carbocycles. The van der Waals surface area contributed by atoms with Gasteiger partial charge in [0.25, 0.3) is 5.56 Å². The molecule has 1 fully saturated rings. The number of hydrogen-bond donors (Lipinski definition) is 1. The van der Waals surface area contributed by atoms with Gasteiger partial charge < -0.3 is 4.90 Å². The van der Waals surface area contributed by atoms with Gasteiger partial charge in [0.2, 0.25) is 0 Å². The first-order valence-electron chi connectivity index (χ1n) is 8.68. The Balaban J connectivity index is 1.81. The lowest BCUT2D eigenvalue weighted by atomic mass is 10.0. The molecule has 0 atom stereocenters. The van der Waals surface area contributed by atoms with Gasteiger partial charge in [-0.25, -0.2) is 4.79 Å². The Morgan fingerprint density at radius 2 is 1.72 bits per heavy atom. The van der Waals surface area contributed by atoms with E-state index in [2.05, 4.69) is 40.2 Å². The van der Waals surface area contributed by atoms with Gasteiger partial charge in [-0.1, -0.05) is 42.5 Å². The van der Waals surface area contributed by atoms with Crippen molar-refractivity contribution in [1.82, 2.24) is 9.55 Å². The van der Waals surface area contributed by atoms with E-state index in [1.165, 1.54) is 12.4 Å². The van der Waals surface area contributed by atoms with Crippen LogP contribution in [0.4, 0.5) is 5.82 Å². The van der Waals surface area contributed by atoms with Gasteiger partial charge in [-0.15, -0.1) is 0 Å². The second-order valence-corrected chi connectivity index (χ2v) is 6.67. The maximum Gasteiger partial charge on any atom is 0.329 e. The van der Waals surface area contributed by atoms with Gasteiger partial charge in [-0.2, -0.15) is 0 Å². The highest BCUT2D eigenvalue weighted by Gasteiger charge is 2.20. The minimum atomic E-state index is -0.353. The summed E-state index contributed by atoms with van der Waals surface area (Å²) >= 11 is 0. The van der Waals surface area contributed by atoms with E-state index in [9.17, 15) is 9.59 Å². The molecule has 3 aromatic rings. The van der Waals surface area contributed by atoms with Crippen LogP contribution in [0.5, 0.6) is 0 Å².